The quantitative estimate of drug-likeness (QED) is 0.460. The molecule has 158 valence electrons. The summed E-state index contributed by atoms with van der Waals surface area (Å²) in [7, 11) is 3.32. The minimum absolute atomic E-state index is 0.291. The Labute approximate surface area is 177 Å². The van der Waals surface area contributed by atoms with E-state index in [1.165, 1.54) is 5.56 Å². The highest BCUT2D eigenvalue weighted by Gasteiger charge is 2.23. The number of methoxy groups -OCH3 is 2. The van der Waals surface area contributed by atoms with Crippen LogP contribution in [-0.4, -0.2) is 51.9 Å². The van der Waals surface area contributed by atoms with Crippen molar-refractivity contribution in [1.82, 2.24) is 4.90 Å². The molecule has 2 aromatic carbocycles. The van der Waals surface area contributed by atoms with Crippen LogP contribution in [0.5, 0.6) is 17.2 Å². The monoisotopic (exact) mass is 420 g/mol. The lowest BCUT2D eigenvalue weighted by molar-refractivity contribution is -0.201. The van der Waals surface area contributed by atoms with Gasteiger partial charge in [0.2, 0.25) is 0 Å². The fraction of sp³-hybridized carbons (Fsp3) is 0.455. The van der Waals surface area contributed by atoms with Gasteiger partial charge in [0, 0.05) is 44.0 Å². The fourth-order valence-electron chi connectivity index (χ4n) is 3.57. The van der Waals surface area contributed by atoms with Crippen LogP contribution in [0.3, 0.4) is 0 Å². The van der Waals surface area contributed by atoms with Gasteiger partial charge in [0.05, 0.1) is 25.8 Å². The number of halogens is 1. The van der Waals surface area contributed by atoms with Gasteiger partial charge in [0.15, 0.2) is 17.2 Å². The second kappa shape index (κ2) is 10.1. The van der Waals surface area contributed by atoms with Crippen molar-refractivity contribution in [2.75, 3.05) is 51.9 Å². The molecule has 0 N–H and O–H groups in total. The molecular formula is C22H29ClN2O4. The van der Waals surface area contributed by atoms with E-state index in [1.807, 2.05) is 31.2 Å². The highest BCUT2D eigenvalue weighted by atomic mass is 35.5. The van der Waals surface area contributed by atoms with Gasteiger partial charge in [-0.25, -0.2) is 0 Å². The van der Waals surface area contributed by atoms with E-state index >= 15 is 0 Å². The summed E-state index contributed by atoms with van der Waals surface area (Å²) in [5.74, 6) is 2.06. The molecule has 29 heavy (non-hydrogen) atoms. The van der Waals surface area contributed by atoms with Gasteiger partial charge in [-0.05, 0) is 43.7 Å². The predicted molar refractivity (Wildman–Crippen MR) is 115 cm³/mol. The SMILES string of the molecule is CCOOc1cc(N2CCN(C(C)c3ccc(OC)c(OC)c3)CC2)ccc1Cl. The lowest BCUT2D eigenvalue weighted by Crippen LogP contribution is -2.47. The molecule has 0 radical (unpaired) electrons. The molecule has 0 aromatic heterocycles. The van der Waals surface area contributed by atoms with Crippen LogP contribution >= 0.6 is 11.6 Å². The number of rotatable bonds is 8. The zero-order valence-corrected chi connectivity index (χ0v) is 18.2. The maximum Gasteiger partial charge on any atom is 0.186 e. The zero-order valence-electron chi connectivity index (χ0n) is 17.5. The van der Waals surface area contributed by atoms with E-state index in [0.29, 0.717) is 23.4 Å². The van der Waals surface area contributed by atoms with E-state index < -0.39 is 0 Å². The number of benzene rings is 2. The summed E-state index contributed by atoms with van der Waals surface area (Å²) in [6, 6.07) is 12.2. The molecule has 0 bridgehead atoms. The minimum Gasteiger partial charge on any atom is -0.493 e. The molecule has 1 aliphatic rings. The predicted octanol–water partition coefficient (Wildman–Crippen LogP) is 4.57. The Balaban J connectivity index is 1.64. The summed E-state index contributed by atoms with van der Waals surface area (Å²) in [6.45, 7) is 8.33. The van der Waals surface area contributed by atoms with Crippen LogP contribution in [0.4, 0.5) is 5.69 Å². The number of piperazine rings is 1. The van der Waals surface area contributed by atoms with Gasteiger partial charge >= 0.3 is 0 Å². The molecular weight excluding hydrogens is 392 g/mol. The highest BCUT2D eigenvalue weighted by molar-refractivity contribution is 6.32. The van der Waals surface area contributed by atoms with Gasteiger partial charge in [-0.1, -0.05) is 17.7 Å². The average molecular weight is 421 g/mol. The summed E-state index contributed by atoms with van der Waals surface area (Å²) in [5, 5.41) is 0.544. The van der Waals surface area contributed by atoms with Crippen molar-refractivity contribution in [2.45, 2.75) is 19.9 Å². The molecule has 1 atom stereocenters. The Hall–Kier alpha value is -2.15. The number of hydrogen-bond donors (Lipinski definition) is 0. The first kappa shape index (κ1) is 21.6. The third-order valence-electron chi connectivity index (χ3n) is 5.30. The molecule has 0 spiro atoms. The smallest absolute Gasteiger partial charge is 0.186 e. The third kappa shape index (κ3) is 5.07. The van der Waals surface area contributed by atoms with Gasteiger partial charge in [-0.2, -0.15) is 4.89 Å². The van der Waals surface area contributed by atoms with Gasteiger partial charge < -0.3 is 19.3 Å². The first-order valence-electron chi connectivity index (χ1n) is 9.87. The molecule has 1 saturated heterocycles. The van der Waals surface area contributed by atoms with Crippen molar-refractivity contribution in [1.29, 1.82) is 0 Å². The van der Waals surface area contributed by atoms with Crippen molar-refractivity contribution in [3.63, 3.8) is 0 Å². The van der Waals surface area contributed by atoms with Gasteiger partial charge in [0.1, 0.15) is 0 Å². The molecule has 1 unspecified atom stereocenters. The maximum atomic E-state index is 6.20. The van der Waals surface area contributed by atoms with Gasteiger partial charge in [0.25, 0.3) is 0 Å². The number of nitrogens with zero attached hydrogens (tertiary/aromatic N) is 2. The summed E-state index contributed by atoms with van der Waals surface area (Å²) in [4.78, 5) is 15.1. The molecule has 1 heterocycles. The van der Waals surface area contributed by atoms with Crippen LogP contribution in [0.1, 0.15) is 25.5 Å². The Morgan fingerprint density at radius 2 is 1.66 bits per heavy atom. The van der Waals surface area contributed by atoms with Crippen LogP contribution in [0, 0.1) is 0 Å². The Morgan fingerprint density at radius 3 is 2.31 bits per heavy atom. The van der Waals surface area contributed by atoms with Crippen molar-refractivity contribution >= 4 is 17.3 Å². The van der Waals surface area contributed by atoms with E-state index in [9.17, 15) is 0 Å². The molecule has 0 amide bonds. The van der Waals surface area contributed by atoms with Crippen LogP contribution in [-0.2, 0) is 4.89 Å². The number of hydrogen-bond acceptors (Lipinski definition) is 6. The van der Waals surface area contributed by atoms with Crippen molar-refractivity contribution in [3.8, 4) is 17.2 Å². The third-order valence-corrected chi connectivity index (χ3v) is 5.61. The summed E-state index contributed by atoms with van der Waals surface area (Å²) >= 11 is 6.20. The van der Waals surface area contributed by atoms with Crippen molar-refractivity contribution < 1.29 is 19.2 Å². The second-order valence-corrected chi connectivity index (χ2v) is 7.33. The normalized spacial score (nSPS) is 15.8. The van der Waals surface area contributed by atoms with Crippen molar-refractivity contribution in [3.05, 3.63) is 47.0 Å². The Bertz CT molecular complexity index is 809. The highest BCUT2D eigenvalue weighted by Crippen LogP contribution is 2.33. The zero-order chi connectivity index (χ0) is 20.8. The first-order valence-corrected chi connectivity index (χ1v) is 10.2. The second-order valence-electron chi connectivity index (χ2n) is 6.92. The summed E-state index contributed by atoms with van der Waals surface area (Å²) in [6.07, 6.45) is 0. The summed E-state index contributed by atoms with van der Waals surface area (Å²) in [5.41, 5.74) is 2.30. The lowest BCUT2D eigenvalue weighted by Gasteiger charge is -2.39. The first-order chi connectivity index (χ1) is 14.1. The summed E-state index contributed by atoms with van der Waals surface area (Å²) < 4.78 is 10.8. The lowest BCUT2D eigenvalue weighted by atomic mass is 10.0. The van der Waals surface area contributed by atoms with Gasteiger partial charge in [-0.3, -0.25) is 4.90 Å². The molecule has 1 aliphatic heterocycles. The average Bonchev–Trinajstić information content (AvgIpc) is 2.77. The molecule has 1 fully saturated rings. The van der Waals surface area contributed by atoms with Crippen LogP contribution in [0.25, 0.3) is 0 Å². The number of anilines is 1. The molecule has 0 saturated carbocycles. The molecule has 3 rings (SSSR count). The number of ether oxygens (including phenoxy) is 2. The van der Waals surface area contributed by atoms with Crippen LogP contribution < -0.4 is 19.3 Å². The standard InChI is InChI=1S/C22H29ClN2O4/c1-5-28-29-21-15-18(7-8-19(21)23)25-12-10-24(11-13-25)16(2)17-6-9-20(26-3)22(14-17)27-4/h6-9,14-16H,5,10-13H2,1-4H3. The molecule has 0 aliphatic carbocycles. The van der Waals surface area contributed by atoms with E-state index in [-0.39, 0.29) is 0 Å². The molecule has 6 nitrogen and oxygen atoms in total. The van der Waals surface area contributed by atoms with E-state index in [4.69, 9.17) is 30.8 Å². The largest absolute Gasteiger partial charge is 0.493 e. The topological polar surface area (TPSA) is 43.4 Å². The Kier molecular flexibility index (Phi) is 7.47. The van der Waals surface area contributed by atoms with E-state index in [2.05, 4.69) is 28.9 Å². The minimum atomic E-state index is 0.291. The Morgan fingerprint density at radius 1 is 0.931 bits per heavy atom. The van der Waals surface area contributed by atoms with Crippen LogP contribution in [0.2, 0.25) is 5.02 Å². The van der Waals surface area contributed by atoms with Crippen molar-refractivity contribution in [2.24, 2.45) is 0 Å². The molecule has 7 heteroatoms. The van der Waals surface area contributed by atoms with E-state index in [1.54, 1.807) is 14.2 Å². The fourth-order valence-corrected chi connectivity index (χ4v) is 3.71. The van der Waals surface area contributed by atoms with E-state index in [0.717, 1.165) is 43.4 Å². The maximum absolute atomic E-state index is 6.20. The van der Waals surface area contributed by atoms with Gasteiger partial charge in [-0.15, -0.1) is 0 Å². The molecule has 2 aromatic rings. The van der Waals surface area contributed by atoms with Crippen LogP contribution in [0.15, 0.2) is 36.4 Å².